The molecular weight excluding hydrogens is 238 g/mol. The van der Waals surface area contributed by atoms with Gasteiger partial charge in [-0.25, -0.2) is 0 Å². The molecule has 0 bridgehead atoms. The molecule has 1 aliphatic rings. The van der Waals surface area contributed by atoms with Crippen LogP contribution in [0.25, 0.3) is 10.9 Å². The number of carbonyl (C=O) groups is 1. The van der Waals surface area contributed by atoms with Crippen molar-refractivity contribution in [2.45, 2.75) is 19.4 Å². The number of nitrogens with one attached hydrogen (secondary N) is 1. The minimum absolute atomic E-state index is 0.136. The van der Waals surface area contributed by atoms with Crippen LogP contribution < -0.4 is 5.32 Å². The normalized spacial score (nSPS) is 16.0. The Balaban J connectivity index is 1.80. The van der Waals surface area contributed by atoms with E-state index in [2.05, 4.69) is 17.5 Å². The van der Waals surface area contributed by atoms with Crippen molar-refractivity contribution < 1.29 is 4.79 Å². The van der Waals surface area contributed by atoms with Crippen molar-refractivity contribution in [3.05, 3.63) is 36.0 Å². The number of para-hydroxylation sites is 1. The van der Waals surface area contributed by atoms with E-state index < -0.39 is 5.41 Å². The van der Waals surface area contributed by atoms with Crippen molar-refractivity contribution in [3.8, 4) is 6.07 Å². The van der Waals surface area contributed by atoms with Gasteiger partial charge in [-0.1, -0.05) is 18.2 Å². The molecule has 0 unspecified atom stereocenters. The lowest BCUT2D eigenvalue weighted by atomic mass is 10.1. The van der Waals surface area contributed by atoms with Crippen LogP contribution in [0.5, 0.6) is 0 Å². The minimum Gasteiger partial charge on any atom is -0.351 e. The molecule has 0 saturated heterocycles. The Morgan fingerprint density at radius 2 is 2.21 bits per heavy atom. The summed E-state index contributed by atoms with van der Waals surface area (Å²) in [5.41, 5.74) is 1.48. The topological polar surface area (TPSA) is 57.8 Å². The highest BCUT2D eigenvalue weighted by Gasteiger charge is 2.50. The second-order valence-corrected chi connectivity index (χ2v) is 5.16. The number of amides is 1. The summed E-state index contributed by atoms with van der Waals surface area (Å²) in [7, 11) is 1.99. The monoisotopic (exact) mass is 253 g/mol. The molecule has 1 aromatic carbocycles. The van der Waals surface area contributed by atoms with Crippen LogP contribution >= 0.6 is 0 Å². The summed E-state index contributed by atoms with van der Waals surface area (Å²) >= 11 is 0. The standard InChI is InChI=1S/C15H15N3O/c1-18-9-11(12-4-2-3-5-13(12)18)8-17-14(19)15(10-16)6-7-15/h2-5,9H,6-8H2,1H3,(H,17,19). The van der Waals surface area contributed by atoms with Crippen molar-refractivity contribution in [1.82, 2.24) is 9.88 Å². The van der Waals surface area contributed by atoms with Crippen molar-refractivity contribution in [3.63, 3.8) is 0 Å². The van der Waals surface area contributed by atoms with Crippen LogP contribution in [0.2, 0.25) is 0 Å². The van der Waals surface area contributed by atoms with Gasteiger partial charge in [-0.15, -0.1) is 0 Å². The Bertz CT molecular complexity index is 689. The van der Waals surface area contributed by atoms with E-state index in [0.29, 0.717) is 19.4 Å². The highest BCUT2D eigenvalue weighted by atomic mass is 16.2. The van der Waals surface area contributed by atoms with E-state index in [9.17, 15) is 4.79 Å². The average molecular weight is 253 g/mol. The molecule has 1 amide bonds. The maximum absolute atomic E-state index is 11.9. The molecule has 1 aromatic heterocycles. The summed E-state index contributed by atoms with van der Waals surface area (Å²) in [4.78, 5) is 11.9. The molecule has 0 aliphatic heterocycles. The molecule has 0 radical (unpaired) electrons. The number of aromatic nitrogens is 1. The lowest BCUT2D eigenvalue weighted by molar-refractivity contribution is -0.124. The molecule has 0 atom stereocenters. The van der Waals surface area contributed by atoms with Crippen LogP contribution in [0.3, 0.4) is 0 Å². The number of aryl methyl sites for hydroxylation is 1. The lowest BCUT2D eigenvalue weighted by Gasteiger charge is -2.07. The number of fused-ring (bicyclic) bond motifs is 1. The maximum Gasteiger partial charge on any atom is 0.240 e. The van der Waals surface area contributed by atoms with Crippen molar-refractivity contribution >= 4 is 16.8 Å². The first-order chi connectivity index (χ1) is 9.16. The molecule has 1 saturated carbocycles. The van der Waals surface area contributed by atoms with Gasteiger partial charge in [0.1, 0.15) is 5.41 Å². The number of rotatable bonds is 3. The van der Waals surface area contributed by atoms with Gasteiger partial charge in [0.05, 0.1) is 6.07 Å². The Morgan fingerprint density at radius 3 is 2.89 bits per heavy atom. The Hall–Kier alpha value is -2.28. The molecular formula is C15H15N3O. The zero-order valence-electron chi connectivity index (χ0n) is 10.8. The van der Waals surface area contributed by atoms with Gasteiger partial charge in [0.2, 0.25) is 5.91 Å². The van der Waals surface area contributed by atoms with E-state index in [1.54, 1.807) is 0 Å². The Morgan fingerprint density at radius 1 is 1.47 bits per heavy atom. The lowest BCUT2D eigenvalue weighted by Crippen LogP contribution is -2.30. The molecule has 96 valence electrons. The van der Waals surface area contributed by atoms with E-state index in [1.165, 1.54) is 0 Å². The first kappa shape index (κ1) is 11.8. The highest BCUT2D eigenvalue weighted by Crippen LogP contribution is 2.45. The van der Waals surface area contributed by atoms with Gasteiger partial charge in [0, 0.05) is 30.7 Å². The molecule has 4 nitrogen and oxygen atoms in total. The average Bonchev–Trinajstić information content (AvgIpc) is 3.18. The van der Waals surface area contributed by atoms with Gasteiger partial charge >= 0.3 is 0 Å². The number of carbonyl (C=O) groups excluding carboxylic acids is 1. The largest absolute Gasteiger partial charge is 0.351 e. The van der Waals surface area contributed by atoms with Crippen LogP contribution in [0.15, 0.2) is 30.5 Å². The predicted octanol–water partition coefficient (Wildman–Crippen LogP) is 2.10. The fourth-order valence-electron chi connectivity index (χ4n) is 2.43. The summed E-state index contributed by atoms with van der Waals surface area (Å²) in [5.74, 6) is -0.136. The second kappa shape index (κ2) is 4.13. The van der Waals surface area contributed by atoms with Gasteiger partial charge in [0.25, 0.3) is 0 Å². The van der Waals surface area contributed by atoms with Crippen molar-refractivity contribution in [1.29, 1.82) is 5.26 Å². The fourth-order valence-corrected chi connectivity index (χ4v) is 2.43. The van der Waals surface area contributed by atoms with Crippen LogP contribution in [0.4, 0.5) is 0 Å². The molecule has 3 rings (SSSR count). The summed E-state index contributed by atoms with van der Waals surface area (Å²) in [6, 6.07) is 10.2. The van der Waals surface area contributed by atoms with Crippen LogP contribution in [0.1, 0.15) is 18.4 Å². The maximum atomic E-state index is 11.9. The SMILES string of the molecule is Cn1cc(CNC(=O)C2(C#N)CC2)c2ccccc21. The fraction of sp³-hybridized carbons (Fsp3) is 0.333. The Labute approximate surface area is 111 Å². The smallest absolute Gasteiger partial charge is 0.240 e. The van der Waals surface area contributed by atoms with Gasteiger partial charge in [-0.2, -0.15) is 5.26 Å². The zero-order valence-corrected chi connectivity index (χ0v) is 10.8. The van der Waals surface area contributed by atoms with Gasteiger partial charge in [0.15, 0.2) is 0 Å². The molecule has 19 heavy (non-hydrogen) atoms. The molecule has 0 spiro atoms. The molecule has 1 aliphatic carbocycles. The highest BCUT2D eigenvalue weighted by molar-refractivity contribution is 5.89. The predicted molar refractivity (Wildman–Crippen MR) is 72.0 cm³/mol. The van der Waals surface area contributed by atoms with E-state index in [-0.39, 0.29) is 5.91 Å². The summed E-state index contributed by atoms with van der Waals surface area (Å²) in [5, 5.41) is 13.0. The number of nitriles is 1. The van der Waals surface area contributed by atoms with Gasteiger partial charge < -0.3 is 9.88 Å². The first-order valence-electron chi connectivity index (χ1n) is 6.39. The molecule has 2 aromatic rings. The summed E-state index contributed by atoms with van der Waals surface area (Å²) in [6.45, 7) is 0.476. The van der Waals surface area contributed by atoms with Gasteiger partial charge in [-0.3, -0.25) is 4.79 Å². The number of nitrogens with zero attached hydrogens (tertiary/aromatic N) is 2. The van der Waals surface area contributed by atoms with E-state index in [0.717, 1.165) is 16.5 Å². The summed E-state index contributed by atoms with van der Waals surface area (Å²) < 4.78 is 2.05. The van der Waals surface area contributed by atoms with E-state index in [4.69, 9.17) is 5.26 Å². The Kier molecular flexibility index (Phi) is 2.56. The molecule has 1 N–H and O–H groups in total. The van der Waals surface area contributed by atoms with E-state index >= 15 is 0 Å². The molecule has 1 fully saturated rings. The summed E-state index contributed by atoms with van der Waals surface area (Å²) in [6.07, 6.45) is 3.40. The zero-order chi connectivity index (χ0) is 13.5. The van der Waals surface area contributed by atoms with E-state index in [1.807, 2.05) is 36.0 Å². The number of benzene rings is 1. The molecule has 1 heterocycles. The van der Waals surface area contributed by atoms with Crippen LogP contribution in [0, 0.1) is 16.7 Å². The third kappa shape index (κ3) is 1.88. The van der Waals surface area contributed by atoms with Crippen molar-refractivity contribution in [2.24, 2.45) is 12.5 Å². The molecule has 4 heteroatoms. The van der Waals surface area contributed by atoms with Crippen LogP contribution in [-0.2, 0) is 18.4 Å². The quantitative estimate of drug-likeness (QED) is 0.910. The van der Waals surface area contributed by atoms with Crippen LogP contribution in [-0.4, -0.2) is 10.5 Å². The minimum atomic E-state index is -0.745. The first-order valence-corrected chi connectivity index (χ1v) is 6.39. The van der Waals surface area contributed by atoms with Crippen molar-refractivity contribution in [2.75, 3.05) is 0 Å². The number of hydrogen-bond donors (Lipinski definition) is 1. The number of hydrogen-bond acceptors (Lipinski definition) is 2. The third-order valence-corrected chi connectivity index (χ3v) is 3.82. The third-order valence-electron chi connectivity index (χ3n) is 3.82. The van der Waals surface area contributed by atoms with Gasteiger partial charge in [-0.05, 0) is 24.5 Å². The second-order valence-electron chi connectivity index (χ2n) is 5.16.